The van der Waals surface area contributed by atoms with Crippen LogP contribution in [-0.2, 0) is 14.4 Å². The van der Waals surface area contributed by atoms with Crippen molar-refractivity contribution in [3.63, 3.8) is 0 Å². The number of benzene rings is 3. The van der Waals surface area contributed by atoms with Gasteiger partial charge in [0.15, 0.2) is 0 Å². The number of alkyl halides is 1. The number of fused-ring (bicyclic) bond motifs is 2. The maximum absolute atomic E-state index is 15.1. The van der Waals surface area contributed by atoms with Crippen LogP contribution in [0.5, 0.6) is 0 Å². The van der Waals surface area contributed by atoms with E-state index < -0.39 is 28.7 Å². The van der Waals surface area contributed by atoms with Crippen LogP contribution in [-0.4, -0.2) is 74.3 Å². The lowest BCUT2D eigenvalue weighted by atomic mass is 9.70. The number of halogens is 1. The molecule has 9 heteroatoms. The van der Waals surface area contributed by atoms with Crippen molar-refractivity contribution in [2.75, 3.05) is 29.5 Å². The van der Waals surface area contributed by atoms with Crippen LogP contribution in [0.4, 0.5) is 11.4 Å². The second-order valence-corrected chi connectivity index (χ2v) is 15.5. The van der Waals surface area contributed by atoms with E-state index >= 15 is 4.79 Å². The number of aliphatic hydroxyl groups is 1. The number of hydrogen-bond donors (Lipinski definition) is 1. The predicted molar refractivity (Wildman–Crippen MR) is 190 cm³/mol. The quantitative estimate of drug-likeness (QED) is 0.194. The minimum absolute atomic E-state index is 0.0766. The number of amides is 3. The van der Waals surface area contributed by atoms with E-state index in [0.717, 1.165) is 16.5 Å². The average Bonchev–Trinajstić information content (AvgIpc) is 3.65. The van der Waals surface area contributed by atoms with E-state index in [0.29, 0.717) is 18.7 Å². The van der Waals surface area contributed by atoms with Crippen molar-refractivity contribution in [2.45, 2.75) is 47.2 Å². The van der Waals surface area contributed by atoms with Crippen molar-refractivity contribution < 1.29 is 19.5 Å². The lowest BCUT2D eigenvalue weighted by Crippen LogP contribution is -2.59. The second kappa shape index (κ2) is 13.0. The van der Waals surface area contributed by atoms with Crippen LogP contribution in [0.25, 0.3) is 10.8 Å². The summed E-state index contributed by atoms with van der Waals surface area (Å²) in [6, 6.07) is 21.9. The maximum Gasteiger partial charge on any atom is 0.251 e. The number of rotatable bonds is 11. The first kappa shape index (κ1) is 32.5. The molecule has 3 unspecified atom stereocenters. The zero-order chi connectivity index (χ0) is 32.7. The van der Waals surface area contributed by atoms with Gasteiger partial charge in [-0.1, -0.05) is 90.5 Å². The highest BCUT2D eigenvalue weighted by atomic mass is 79.9. The summed E-state index contributed by atoms with van der Waals surface area (Å²) < 4.78 is -0.859. The number of likely N-dealkylation sites (tertiary alicyclic amines) is 1. The fourth-order valence-corrected chi connectivity index (χ4v) is 11.4. The van der Waals surface area contributed by atoms with E-state index in [2.05, 4.69) is 29.1 Å². The third-order valence-corrected chi connectivity index (χ3v) is 13.0. The van der Waals surface area contributed by atoms with Crippen LogP contribution in [0.2, 0.25) is 0 Å². The molecule has 1 N–H and O–H groups in total. The van der Waals surface area contributed by atoms with Crippen LogP contribution >= 0.6 is 27.7 Å². The molecule has 3 aromatic rings. The van der Waals surface area contributed by atoms with Gasteiger partial charge in [-0.15, -0.1) is 24.9 Å². The minimum Gasteiger partial charge on any atom is -0.394 e. The molecule has 240 valence electrons. The Morgan fingerprint density at radius 1 is 0.978 bits per heavy atom. The molecule has 3 aliphatic heterocycles. The fourth-order valence-electron chi connectivity index (χ4n) is 7.79. The molecule has 3 fully saturated rings. The first-order valence-corrected chi connectivity index (χ1v) is 17.6. The van der Waals surface area contributed by atoms with E-state index in [4.69, 9.17) is 0 Å². The lowest BCUT2D eigenvalue weighted by molar-refractivity contribution is -0.142. The molecule has 0 aliphatic carbocycles. The Hall–Kier alpha value is -3.40. The van der Waals surface area contributed by atoms with Gasteiger partial charge in [-0.25, -0.2) is 0 Å². The van der Waals surface area contributed by atoms with E-state index in [1.54, 1.807) is 38.6 Å². The number of nitrogens with zero attached hydrogens (tertiary/aromatic N) is 3. The molecule has 46 heavy (non-hydrogen) atoms. The molecular formula is C37H40BrN3O4S. The molecule has 0 saturated carbocycles. The molecule has 1 spiro atoms. The summed E-state index contributed by atoms with van der Waals surface area (Å²) in [5.41, 5.74) is 1.45. The molecule has 7 nitrogen and oxygen atoms in total. The van der Waals surface area contributed by atoms with Gasteiger partial charge in [0.2, 0.25) is 11.8 Å². The van der Waals surface area contributed by atoms with Crippen molar-refractivity contribution >= 4 is 67.6 Å². The van der Waals surface area contributed by atoms with Crippen LogP contribution in [0, 0.1) is 17.8 Å². The van der Waals surface area contributed by atoms with Gasteiger partial charge in [-0.05, 0) is 47.4 Å². The van der Waals surface area contributed by atoms with Crippen molar-refractivity contribution in [3.05, 3.63) is 98.1 Å². The lowest BCUT2D eigenvalue weighted by Gasteiger charge is -2.41. The number of anilines is 2. The normalized spacial score (nSPS) is 27.1. The Morgan fingerprint density at radius 2 is 1.61 bits per heavy atom. The summed E-state index contributed by atoms with van der Waals surface area (Å²) in [6.45, 7) is 12.0. The molecule has 0 aromatic heterocycles. The standard InChI is InChI=1S/C37H40BrN3O4S/c1-5-18-39(26-14-8-7-9-15-26)34(43)30-31-35(44)41(29(22-42)23(3)4)33(37(31)21-28(38)32(30)46-37)36(45)40(19-6-2)27-17-16-24-12-10-11-13-25(24)20-27/h5-17,20,23,28-33,42H,1-2,18-19,21-22H2,3-4H3/t28?,29-,30+,31-,32+,33?,37?/m0/s1. The highest BCUT2D eigenvalue weighted by molar-refractivity contribution is 9.09. The van der Waals surface area contributed by atoms with Crippen LogP contribution in [0.1, 0.15) is 20.3 Å². The molecule has 3 aliphatic rings. The number of para-hydroxylation sites is 1. The van der Waals surface area contributed by atoms with Gasteiger partial charge in [-0.3, -0.25) is 14.4 Å². The maximum atomic E-state index is 15.1. The summed E-state index contributed by atoms with van der Waals surface area (Å²) in [5, 5.41) is 12.5. The summed E-state index contributed by atoms with van der Waals surface area (Å²) in [5.74, 6) is -2.10. The molecular weight excluding hydrogens is 662 g/mol. The highest BCUT2D eigenvalue weighted by Gasteiger charge is 2.76. The Balaban J connectivity index is 1.47. The van der Waals surface area contributed by atoms with E-state index in [1.165, 1.54) is 0 Å². The molecule has 3 amide bonds. The van der Waals surface area contributed by atoms with Gasteiger partial charge in [0.05, 0.1) is 29.2 Å². The van der Waals surface area contributed by atoms with Gasteiger partial charge in [0.25, 0.3) is 5.91 Å². The van der Waals surface area contributed by atoms with Crippen molar-refractivity contribution in [1.82, 2.24) is 4.90 Å². The third kappa shape index (κ3) is 5.20. The highest BCUT2D eigenvalue weighted by Crippen LogP contribution is 2.68. The van der Waals surface area contributed by atoms with Crippen molar-refractivity contribution in [3.8, 4) is 0 Å². The molecule has 2 bridgehead atoms. The molecule has 3 aromatic carbocycles. The van der Waals surface area contributed by atoms with Gasteiger partial charge in [0.1, 0.15) is 6.04 Å². The fraction of sp³-hybridized carbons (Fsp3) is 0.378. The minimum atomic E-state index is -0.881. The van der Waals surface area contributed by atoms with Crippen LogP contribution in [0.3, 0.4) is 0 Å². The zero-order valence-electron chi connectivity index (χ0n) is 26.2. The van der Waals surface area contributed by atoms with Crippen molar-refractivity contribution in [2.24, 2.45) is 17.8 Å². The molecule has 6 rings (SSSR count). The summed E-state index contributed by atoms with van der Waals surface area (Å²) in [4.78, 5) is 49.5. The van der Waals surface area contributed by atoms with Gasteiger partial charge in [-0.2, -0.15) is 0 Å². The van der Waals surface area contributed by atoms with Crippen LogP contribution < -0.4 is 9.80 Å². The number of carbonyl (C=O) groups excluding carboxylic acids is 3. The van der Waals surface area contributed by atoms with Crippen LogP contribution in [0.15, 0.2) is 98.1 Å². The first-order valence-electron chi connectivity index (χ1n) is 15.8. The molecule has 3 heterocycles. The Labute approximate surface area is 283 Å². The molecule has 0 radical (unpaired) electrons. The van der Waals surface area contributed by atoms with Gasteiger partial charge < -0.3 is 19.8 Å². The number of thioether (sulfide) groups is 1. The topological polar surface area (TPSA) is 81.2 Å². The van der Waals surface area contributed by atoms with E-state index in [9.17, 15) is 14.7 Å². The number of carbonyl (C=O) groups is 3. The number of hydrogen-bond acceptors (Lipinski definition) is 5. The Kier molecular flexibility index (Phi) is 9.20. The van der Waals surface area contributed by atoms with Gasteiger partial charge in [0, 0.05) is 34.5 Å². The van der Waals surface area contributed by atoms with E-state index in [-0.39, 0.29) is 46.9 Å². The monoisotopic (exact) mass is 701 g/mol. The summed E-state index contributed by atoms with van der Waals surface area (Å²) in [7, 11) is 0. The SMILES string of the molecule is C=CCN(C(=O)C1N([C@@H](CO)C(C)C)C(=O)[C@@H]2[C@@H](C(=O)N(CC=C)c3ccccc3)[C@@H]3SC12CC3Br)c1ccc2ccccc2c1. The van der Waals surface area contributed by atoms with Crippen molar-refractivity contribution in [1.29, 1.82) is 0 Å². The summed E-state index contributed by atoms with van der Waals surface area (Å²) >= 11 is 5.49. The molecule has 7 atom stereocenters. The number of aliphatic hydroxyl groups excluding tert-OH is 1. The average molecular weight is 703 g/mol. The largest absolute Gasteiger partial charge is 0.394 e. The Bertz CT molecular complexity index is 1670. The first-order chi connectivity index (χ1) is 22.2. The Morgan fingerprint density at radius 3 is 2.24 bits per heavy atom. The smallest absolute Gasteiger partial charge is 0.251 e. The predicted octanol–water partition coefficient (Wildman–Crippen LogP) is 6.06. The zero-order valence-corrected chi connectivity index (χ0v) is 28.6. The summed E-state index contributed by atoms with van der Waals surface area (Å²) in [6.07, 6.45) is 3.94. The molecule has 3 saturated heterocycles. The van der Waals surface area contributed by atoms with E-state index in [1.807, 2.05) is 86.6 Å². The third-order valence-electron chi connectivity index (χ3n) is 9.83. The van der Waals surface area contributed by atoms with Gasteiger partial charge >= 0.3 is 0 Å². The second-order valence-electron chi connectivity index (χ2n) is 12.7.